The minimum atomic E-state index is 0.471. The van der Waals surface area contributed by atoms with Gasteiger partial charge in [0, 0.05) is 12.1 Å². The molecule has 3 rings (SSSR count). The van der Waals surface area contributed by atoms with E-state index in [0.717, 1.165) is 23.1 Å². The zero-order chi connectivity index (χ0) is 12.5. The number of nitrogens with zero attached hydrogens (tertiary/aromatic N) is 4. The number of hydrogen-bond donors (Lipinski definition) is 1. The van der Waals surface area contributed by atoms with E-state index in [1.54, 1.807) is 6.20 Å². The van der Waals surface area contributed by atoms with Crippen molar-refractivity contribution in [3.63, 3.8) is 0 Å². The third-order valence-corrected chi connectivity index (χ3v) is 2.86. The second-order valence-corrected chi connectivity index (χ2v) is 4.00. The zero-order valence-corrected chi connectivity index (χ0v) is 10.0. The molecule has 0 fully saturated rings. The van der Waals surface area contributed by atoms with Crippen molar-refractivity contribution >= 4 is 16.9 Å². The van der Waals surface area contributed by atoms with Gasteiger partial charge in [-0.15, -0.1) is 0 Å². The van der Waals surface area contributed by atoms with Crippen LogP contribution in [0.1, 0.15) is 6.92 Å². The van der Waals surface area contributed by atoms with E-state index in [-0.39, 0.29) is 0 Å². The lowest BCUT2D eigenvalue weighted by atomic mass is 10.2. The molecule has 5 heteroatoms. The summed E-state index contributed by atoms with van der Waals surface area (Å²) in [4.78, 5) is 8.88. The van der Waals surface area contributed by atoms with Crippen molar-refractivity contribution in [2.24, 2.45) is 0 Å². The van der Waals surface area contributed by atoms with Crippen LogP contribution in [0.3, 0.4) is 0 Å². The number of fused-ring (bicyclic) bond motifs is 1. The van der Waals surface area contributed by atoms with Crippen molar-refractivity contribution in [3.05, 3.63) is 36.5 Å². The molecule has 0 unspecified atom stereocenters. The average molecular weight is 239 g/mol. The second kappa shape index (κ2) is 4.10. The van der Waals surface area contributed by atoms with Crippen LogP contribution in [0.15, 0.2) is 36.5 Å². The Morgan fingerprint density at radius 3 is 2.67 bits per heavy atom. The Bertz CT molecular complexity index is 687. The normalized spacial score (nSPS) is 10.9. The predicted molar refractivity (Wildman–Crippen MR) is 70.8 cm³/mol. The highest BCUT2D eigenvalue weighted by molar-refractivity contribution is 5.86. The third kappa shape index (κ3) is 1.60. The Kier molecular flexibility index (Phi) is 2.44. The summed E-state index contributed by atoms with van der Waals surface area (Å²) in [7, 11) is 0. The molecule has 2 aromatic heterocycles. The van der Waals surface area contributed by atoms with Gasteiger partial charge in [0.25, 0.3) is 0 Å². The first kappa shape index (κ1) is 10.7. The minimum Gasteiger partial charge on any atom is -0.383 e. The Morgan fingerprint density at radius 1 is 1.17 bits per heavy atom. The Hall–Kier alpha value is -2.43. The highest BCUT2D eigenvalue weighted by atomic mass is 15.3. The molecule has 2 heterocycles. The SMILES string of the molecule is CCn1ncc2c(N)nc(-c3ccccc3)nc21. The molecule has 3 aromatic rings. The van der Waals surface area contributed by atoms with Crippen LogP contribution in [0.2, 0.25) is 0 Å². The van der Waals surface area contributed by atoms with E-state index in [4.69, 9.17) is 5.73 Å². The van der Waals surface area contributed by atoms with Crippen LogP contribution in [0.5, 0.6) is 0 Å². The van der Waals surface area contributed by atoms with Crippen LogP contribution < -0.4 is 5.73 Å². The molecule has 0 saturated carbocycles. The maximum atomic E-state index is 5.96. The molecule has 0 spiro atoms. The van der Waals surface area contributed by atoms with Crippen molar-refractivity contribution in [3.8, 4) is 11.4 Å². The number of nitrogen functional groups attached to an aromatic ring is 1. The summed E-state index contributed by atoms with van der Waals surface area (Å²) >= 11 is 0. The average Bonchev–Trinajstić information content (AvgIpc) is 2.83. The Morgan fingerprint density at radius 2 is 1.94 bits per heavy atom. The van der Waals surface area contributed by atoms with Gasteiger partial charge in [-0.05, 0) is 6.92 Å². The molecular weight excluding hydrogens is 226 g/mol. The lowest BCUT2D eigenvalue weighted by Gasteiger charge is -2.04. The van der Waals surface area contributed by atoms with Gasteiger partial charge in [-0.2, -0.15) is 5.10 Å². The summed E-state index contributed by atoms with van der Waals surface area (Å²) in [6, 6.07) is 9.80. The highest BCUT2D eigenvalue weighted by Gasteiger charge is 2.10. The van der Waals surface area contributed by atoms with E-state index in [9.17, 15) is 0 Å². The quantitative estimate of drug-likeness (QED) is 0.743. The van der Waals surface area contributed by atoms with E-state index in [2.05, 4.69) is 15.1 Å². The smallest absolute Gasteiger partial charge is 0.164 e. The molecule has 0 amide bonds. The lowest BCUT2D eigenvalue weighted by Crippen LogP contribution is -2.01. The second-order valence-electron chi connectivity index (χ2n) is 4.00. The standard InChI is InChI=1S/C13H13N5/c1-2-18-13-10(8-15-18)11(14)16-12(17-13)9-6-4-3-5-7-9/h3-8H,2H2,1H3,(H2,14,16,17). The molecule has 0 aliphatic carbocycles. The first-order valence-electron chi connectivity index (χ1n) is 5.84. The van der Waals surface area contributed by atoms with Gasteiger partial charge >= 0.3 is 0 Å². The molecule has 90 valence electrons. The van der Waals surface area contributed by atoms with Crippen LogP contribution in [0, 0.1) is 0 Å². The summed E-state index contributed by atoms with van der Waals surface area (Å²) in [6.07, 6.45) is 1.71. The topological polar surface area (TPSA) is 69.6 Å². The molecule has 0 atom stereocenters. The fourth-order valence-electron chi connectivity index (χ4n) is 1.92. The van der Waals surface area contributed by atoms with Crippen LogP contribution >= 0.6 is 0 Å². The van der Waals surface area contributed by atoms with Crippen LogP contribution in [-0.4, -0.2) is 19.7 Å². The monoisotopic (exact) mass is 239 g/mol. The van der Waals surface area contributed by atoms with E-state index in [1.807, 2.05) is 41.9 Å². The number of aromatic nitrogens is 4. The number of hydrogen-bond acceptors (Lipinski definition) is 4. The van der Waals surface area contributed by atoms with Crippen LogP contribution in [0.25, 0.3) is 22.4 Å². The maximum Gasteiger partial charge on any atom is 0.164 e. The fraction of sp³-hybridized carbons (Fsp3) is 0.154. The largest absolute Gasteiger partial charge is 0.383 e. The number of aryl methyl sites for hydroxylation is 1. The first-order chi connectivity index (χ1) is 8.79. The summed E-state index contributed by atoms with van der Waals surface area (Å²) < 4.78 is 1.82. The summed E-state index contributed by atoms with van der Waals surface area (Å²) in [5, 5.41) is 5.05. The molecule has 5 nitrogen and oxygen atoms in total. The first-order valence-corrected chi connectivity index (χ1v) is 5.84. The Balaban J connectivity index is 2.26. The van der Waals surface area contributed by atoms with Gasteiger partial charge in [-0.3, -0.25) is 0 Å². The van der Waals surface area contributed by atoms with Crippen LogP contribution in [0.4, 0.5) is 5.82 Å². The van der Waals surface area contributed by atoms with Gasteiger partial charge in [0.2, 0.25) is 0 Å². The van der Waals surface area contributed by atoms with Gasteiger partial charge in [-0.25, -0.2) is 14.6 Å². The van der Waals surface area contributed by atoms with E-state index < -0.39 is 0 Å². The molecule has 0 bridgehead atoms. The molecule has 0 aliphatic rings. The number of anilines is 1. The molecule has 18 heavy (non-hydrogen) atoms. The maximum absolute atomic E-state index is 5.96. The summed E-state index contributed by atoms with van der Waals surface area (Å²) in [5.41, 5.74) is 7.69. The van der Waals surface area contributed by atoms with Gasteiger partial charge in [0.15, 0.2) is 11.5 Å². The molecule has 2 N–H and O–H groups in total. The summed E-state index contributed by atoms with van der Waals surface area (Å²) in [5.74, 6) is 1.11. The number of nitrogens with two attached hydrogens (primary N) is 1. The fourth-order valence-corrected chi connectivity index (χ4v) is 1.92. The number of benzene rings is 1. The van der Waals surface area contributed by atoms with Crippen molar-refractivity contribution in [2.45, 2.75) is 13.5 Å². The van der Waals surface area contributed by atoms with Crippen molar-refractivity contribution in [2.75, 3.05) is 5.73 Å². The van der Waals surface area contributed by atoms with Crippen molar-refractivity contribution in [1.29, 1.82) is 0 Å². The third-order valence-electron chi connectivity index (χ3n) is 2.86. The van der Waals surface area contributed by atoms with Crippen molar-refractivity contribution < 1.29 is 0 Å². The van der Waals surface area contributed by atoms with Gasteiger partial charge < -0.3 is 5.73 Å². The Labute approximate surface area is 104 Å². The molecule has 1 aromatic carbocycles. The van der Waals surface area contributed by atoms with E-state index in [1.165, 1.54) is 0 Å². The molecule has 0 radical (unpaired) electrons. The predicted octanol–water partition coefficient (Wildman–Crippen LogP) is 2.10. The van der Waals surface area contributed by atoms with Gasteiger partial charge in [-0.1, -0.05) is 30.3 Å². The zero-order valence-electron chi connectivity index (χ0n) is 10.0. The highest BCUT2D eigenvalue weighted by Crippen LogP contribution is 2.22. The van der Waals surface area contributed by atoms with Gasteiger partial charge in [0.05, 0.1) is 11.6 Å². The molecule has 0 aliphatic heterocycles. The van der Waals surface area contributed by atoms with E-state index >= 15 is 0 Å². The van der Waals surface area contributed by atoms with Crippen LogP contribution in [-0.2, 0) is 6.54 Å². The minimum absolute atomic E-state index is 0.471. The van der Waals surface area contributed by atoms with Crippen molar-refractivity contribution in [1.82, 2.24) is 19.7 Å². The number of rotatable bonds is 2. The molecule has 0 saturated heterocycles. The van der Waals surface area contributed by atoms with Gasteiger partial charge in [0.1, 0.15) is 5.82 Å². The molecular formula is C13H13N5. The summed E-state index contributed by atoms with van der Waals surface area (Å²) in [6.45, 7) is 2.78. The lowest BCUT2D eigenvalue weighted by molar-refractivity contribution is 0.676. The van der Waals surface area contributed by atoms with E-state index in [0.29, 0.717) is 11.6 Å².